The predicted molar refractivity (Wildman–Crippen MR) is 130 cm³/mol. The van der Waals surface area contributed by atoms with Gasteiger partial charge in [-0.2, -0.15) is 25.3 Å². The Morgan fingerprint density at radius 1 is 0.733 bits per heavy atom. The molecule has 0 aromatic heterocycles. The summed E-state index contributed by atoms with van der Waals surface area (Å²) < 4.78 is 12.2. The third kappa shape index (κ3) is 4.77. The zero-order valence-corrected chi connectivity index (χ0v) is 19.8. The highest BCUT2D eigenvalue weighted by Gasteiger charge is 2.22. The number of thiol groups is 2. The number of ether oxygens (including phenoxy) is 2. The van der Waals surface area contributed by atoms with Crippen molar-refractivity contribution in [3.8, 4) is 22.6 Å². The van der Waals surface area contributed by atoms with E-state index in [0.717, 1.165) is 62.0 Å². The highest BCUT2D eigenvalue weighted by atomic mass is 32.1. The minimum absolute atomic E-state index is 0.665. The number of nitrogens with zero attached hydrogens (tertiary/aromatic N) is 2. The number of aryl methyl sites for hydroxylation is 2. The fraction of sp³-hybridized carbons (Fsp3) is 0.500. The summed E-state index contributed by atoms with van der Waals surface area (Å²) in [5, 5.41) is 0. The lowest BCUT2D eigenvalue weighted by Crippen LogP contribution is -2.33. The van der Waals surface area contributed by atoms with Gasteiger partial charge >= 0.3 is 0 Å². The van der Waals surface area contributed by atoms with E-state index < -0.39 is 0 Å². The molecule has 0 N–H and O–H groups in total. The molecule has 0 bridgehead atoms. The molecule has 0 amide bonds. The van der Waals surface area contributed by atoms with Crippen LogP contribution in [0.25, 0.3) is 11.1 Å². The average Bonchev–Trinajstić information content (AvgIpc) is 2.75. The Hall–Kier alpha value is -1.34. The number of hydrogen-bond donors (Lipinski definition) is 2. The predicted octanol–water partition coefficient (Wildman–Crippen LogP) is 4.91. The first-order valence-corrected chi connectivity index (χ1v) is 12.0. The van der Waals surface area contributed by atoms with Crippen LogP contribution in [0, 0.1) is 13.8 Å². The first-order valence-electron chi connectivity index (χ1n) is 10.8. The van der Waals surface area contributed by atoms with E-state index in [2.05, 4.69) is 73.2 Å². The van der Waals surface area contributed by atoms with Crippen LogP contribution in [-0.4, -0.2) is 47.9 Å². The van der Waals surface area contributed by atoms with Crippen LogP contribution in [0.4, 0.5) is 0 Å². The van der Waals surface area contributed by atoms with Crippen LogP contribution in [0.2, 0.25) is 0 Å². The van der Waals surface area contributed by atoms with Gasteiger partial charge in [-0.15, -0.1) is 0 Å². The molecule has 0 fully saturated rings. The van der Waals surface area contributed by atoms with E-state index in [-0.39, 0.29) is 0 Å². The Labute approximate surface area is 191 Å². The van der Waals surface area contributed by atoms with Gasteiger partial charge in [0.15, 0.2) is 0 Å². The normalized spacial score (nSPS) is 16.5. The van der Waals surface area contributed by atoms with E-state index in [0.29, 0.717) is 13.5 Å². The summed E-state index contributed by atoms with van der Waals surface area (Å²) in [5.41, 5.74) is 7.47. The highest BCUT2D eigenvalue weighted by molar-refractivity contribution is 7.80. The van der Waals surface area contributed by atoms with Crippen molar-refractivity contribution < 1.29 is 9.47 Å². The van der Waals surface area contributed by atoms with Gasteiger partial charge < -0.3 is 9.47 Å². The van der Waals surface area contributed by atoms with Gasteiger partial charge in [-0.25, -0.2) is 0 Å². The number of rotatable bonds is 7. The minimum atomic E-state index is 0.665. The molecule has 4 rings (SSSR count). The van der Waals surface area contributed by atoms with E-state index in [1.165, 1.54) is 33.4 Å². The quantitative estimate of drug-likeness (QED) is 0.593. The third-order valence-electron chi connectivity index (χ3n) is 5.87. The molecule has 0 saturated carbocycles. The molecule has 2 aromatic carbocycles. The zero-order chi connectivity index (χ0) is 21.1. The van der Waals surface area contributed by atoms with E-state index in [9.17, 15) is 0 Å². The van der Waals surface area contributed by atoms with Gasteiger partial charge in [0.2, 0.25) is 0 Å². The smallest absolute Gasteiger partial charge is 0.142 e. The van der Waals surface area contributed by atoms with Gasteiger partial charge in [0, 0.05) is 37.3 Å². The van der Waals surface area contributed by atoms with Crippen molar-refractivity contribution in [2.45, 2.75) is 39.8 Å². The van der Waals surface area contributed by atoms with Crippen molar-refractivity contribution in [2.75, 3.05) is 38.1 Å². The van der Waals surface area contributed by atoms with Gasteiger partial charge in [0.05, 0.1) is 0 Å². The molecular formula is C24H32N2O2S2. The van der Waals surface area contributed by atoms with Gasteiger partial charge in [-0.1, -0.05) is 0 Å². The van der Waals surface area contributed by atoms with Crippen LogP contribution in [0.15, 0.2) is 24.3 Å². The average molecular weight is 445 g/mol. The molecule has 0 spiro atoms. The maximum absolute atomic E-state index is 6.09. The van der Waals surface area contributed by atoms with E-state index in [1.54, 1.807) is 0 Å². The summed E-state index contributed by atoms with van der Waals surface area (Å²) in [6.45, 7) is 9.53. The van der Waals surface area contributed by atoms with Gasteiger partial charge in [0.25, 0.3) is 0 Å². The van der Waals surface area contributed by atoms with Crippen molar-refractivity contribution >= 4 is 25.3 Å². The van der Waals surface area contributed by atoms with E-state index >= 15 is 0 Å². The third-order valence-corrected chi connectivity index (χ3v) is 6.50. The monoisotopic (exact) mass is 444 g/mol. The van der Waals surface area contributed by atoms with E-state index in [1.807, 2.05) is 0 Å². The molecule has 2 aliphatic heterocycles. The van der Waals surface area contributed by atoms with Crippen molar-refractivity contribution in [2.24, 2.45) is 0 Å². The first-order chi connectivity index (χ1) is 14.6. The summed E-state index contributed by atoms with van der Waals surface area (Å²) in [6, 6.07) is 9.12. The fourth-order valence-electron chi connectivity index (χ4n) is 4.44. The van der Waals surface area contributed by atoms with Crippen molar-refractivity contribution in [3.05, 3.63) is 46.5 Å². The Morgan fingerprint density at radius 2 is 1.17 bits per heavy atom. The van der Waals surface area contributed by atoms with Gasteiger partial charge in [0.1, 0.15) is 25.0 Å². The summed E-state index contributed by atoms with van der Waals surface area (Å²) in [7, 11) is 0. The lowest BCUT2D eigenvalue weighted by Gasteiger charge is -2.31. The van der Waals surface area contributed by atoms with Crippen molar-refractivity contribution in [1.29, 1.82) is 0 Å². The molecule has 0 saturated heterocycles. The molecule has 162 valence electrons. The zero-order valence-electron chi connectivity index (χ0n) is 18.0. The van der Waals surface area contributed by atoms with Gasteiger partial charge in [-0.3, -0.25) is 9.80 Å². The molecule has 2 aliphatic rings. The van der Waals surface area contributed by atoms with Crippen LogP contribution in [0.1, 0.15) is 35.1 Å². The topological polar surface area (TPSA) is 24.9 Å². The van der Waals surface area contributed by atoms with Crippen LogP contribution in [0.5, 0.6) is 11.5 Å². The Bertz CT molecular complexity index is 830. The lowest BCUT2D eigenvalue weighted by atomic mass is 9.94. The Balaban J connectivity index is 1.62. The number of fused-ring (bicyclic) bond motifs is 2. The maximum atomic E-state index is 6.09. The van der Waals surface area contributed by atoms with Crippen LogP contribution >= 0.6 is 25.3 Å². The Kier molecular flexibility index (Phi) is 7.19. The minimum Gasteiger partial charge on any atom is -0.478 e. The molecule has 0 aliphatic carbocycles. The van der Waals surface area contributed by atoms with Crippen molar-refractivity contribution in [3.63, 3.8) is 0 Å². The molecule has 6 heteroatoms. The highest BCUT2D eigenvalue weighted by Crippen LogP contribution is 2.37. The van der Waals surface area contributed by atoms with Gasteiger partial charge in [-0.05, 0) is 84.7 Å². The second kappa shape index (κ2) is 9.86. The van der Waals surface area contributed by atoms with E-state index in [4.69, 9.17) is 9.47 Å². The van der Waals surface area contributed by atoms with Crippen LogP contribution in [-0.2, 0) is 13.1 Å². The maximum Gasteiger partial charge on any atom is 0.142 e. The molecule has 4 nitrogen and oxygen atoms in total. The van der Waals surface area contributed by atoms with Crippen LogP contribution < -0.4 is 9.47 Å². The molecule has 30 heavy (non-hydrogen) atoms. The molecule has 0 atom stereocenters. The molecular weight excluding hydrogens is 412 g/mol. The molecule has 2 aromatic rings. The SMILES string of the molecule is Cc1cc(-c2cc(C)c3c(c2)CN(CCCS)CO3)cc2c1OCN(CCCS)C2. The number of benzene rings is 2. The second-order valence-electron chi connectivity index (χ2n) is 8.37. The summed E-state index contributed by atoms with van der Waals surface area (Å²) >= 11 is 8.69. The van der Waals surface area contributed by atoms with Crippen LogP contribution in [0.3, 0.4) is 0 Å². The molecule has 0 radical (unpaired) electrons. The standard InChI is InChI=1S/C24H32N2O2S2/c1-17-9-19(11-21-13-25(5-3-7-29)15-27-23(17)21)20-10-18(2)24-22(12-20)14-26(16-28-24)6-4-8-30/h9-12,29-30H,3-8,13-16H2,1-2H3. The Morgan fingerprint density at radius 3 is 1.57 bits per heavy atom. The summed E-state index contributed by atoms with van der Waals surface area (Å²) in [5.74, 6) is 3.92. The number of hydrogen-bond acceptors (Lipinski definition) is 6. The lowest BCUT2D eigenvalue weighted by molar-refractivity contribution is 0.0949. The fourth-order valence-corrected chi connectivity index (χ4v) is 4.72. The molecule has 0 unspecified atom stereocenters. The summed E-state index contributed by atoms with van der Waals surface area (Å²) in [6.07, 6.45) is 2.16. The van der Waals surface area contributed by atoms with Crippen molar-refractivity contribution in [1.82, 2.24) is 9.80 Å². The summed E-state index contributed by atoms with van der Waals surface area (Å²) in [4.78, 5) is 4.71. The second-order valence-corrected chi connectivity index (χ2v) is 9.26. The first kappa shape index (κ1) is 21.9. The largest absolute Gasteiger partial charge is 0.478 e. The molecule has 2 heterocycles.